The van der Waals surface area contributed by atoms with E-state index in [0.29, 0.717) is 16.1 Å². The normalized spacial score (nSPS) is 17.6. The number of hydrogen-bond donors (Lipinski definition) is 2. The van der Waals surface area contributed by atoms with Crippen molar-refractivity contribution < 1.29 is 18.7 Å². The van der Waals surface area contributed by atoms with E-state index in [9.17, 15) is 14.0 Å². The van der Waals surface area contributed by atoms with Gasteiger partial charge in [0.15, 0.2) is 6.10 Å². The molecule has 1 aromatic heterocycles. The first kappa shape index (κ1) is 17.4. The number of alkyl carbamates (subject to hydrolysis) is 1. The van der Waals surface area contributed by atoms with Crippen molar-refractivity contribution in [2.45, 2.75) is 12.1 Å². The average Bonchev–Trinajstić information content (AvgIpc) is 3.02. The number of hydrogen-bond acceptors (Lipinski definition) is 4. The van der Waals surface area contributed by atoms with E-state index in [1.54, 1.807) is 6.07 Å². The van der Waals surface area contributed by atoms with E-state index in [1.165, 1.54) is 30.6 Å². The Morgan fingerprint density at radius 2 is 2.12 bits per heavy atom. The molecular weight excluding hydrogens is 372 g/mol. The lowest BCUT2D eigenvalue weighted by Crippen LogP contribution is -2.39. The molecule has 2 aromatic rings. The number of ether oxygens (including phenoxy) is 1. The van der Waals surface area contributed by atoms with Gasteiger partial charge in [0, 0.05) is 12.4 Å². The number of nitrogens with one attached hydrogen (secondary N) is 2. The van der Waals surface area contributed by atoms with Gasteiger partial charge in [0.1, 0.15) is 5.82 Å². The number of benzene rings is 1. The van der Waals surface area contributed by atoms with Crippen LogP contribution in [0.3, 0.4) is 0 Å². The van der Waals surface area contributed by atoms with Gasteiger partial charge in [-0.25, -0.2) is 9.18 Å². The molecule has 1 unspecified atom stereocenters. The standard InChI is InChI=1S/C16H12Cl2FN3O3/c17-10-3-9(5-20-6-10)14(8-1-2-12(19)11(18)4-8)22-15(23)13-7-21-16(24)25-13/h1-6,13-14H,7H2,(H,21,24)(H,22,23)/t13?,14-/m0/s1. The summed E-state index contributed by atoms with van der Waals surface area (Å²) in [4.78, 5) is 27.5. The van der Waals surface area contributed by atoms with Crippen molar-refractivity contribution in [3.8, 4) is 0 Å². The minimum Gasteiger partial charge on any atom is -0.434 e. The number of pyridine rings is 1. The monoisotopic (exact) mass is 383 g/mol. The molecule has 9 heteroatoms. The molecule has 0 spiro atoms. The molecule has 2 N–H and O–H groups in total. The van der Waals surface area contributed by atoms with Crippen molar-refractivity contribution in [3.05, 3.63) is 63.6 Å². The first-order valence-electron chi connectivity index (χ1n) is 7.24. The maximum Gasteiger partial charge on any atom is 0.408 e. The molecule has 0 bridgehead atoms. The Labute approximate surface area is 152 Å². The Kier molecular flexibility index (Phi) is 5.06. The second kappa shape index (κ2) is 7.25. The summed E-state index contributed by atoms with van der Waals surface area (Å²) in [7, 11) is 0. The largest absolute Gasteiger partial charge is 0.434 e. The predicted octanol–water partition coefficient (Wildman–Crippen LogP) is 2.84. The predicted molar refractivity (Wildman–Crippen MR) is 88.9 cm³/mol. The molecule has 0 aliphatic carbocycles. The maximum absolute atomic E-state index is 13.5. The fraction of sp³-hybridized carbons (Fsp3) is 0.188. The molecule has 2 amide bonds. The molecule has 6 nitrogen and oxygen atoms in total. The zero-order valence-corrected chi connectivity index (χ0v) is 14.1. The molecule has 0 radical (unpaired) electrons. The number of carbonyl (C=O) groups excluding carboxylic acids is 2. The van der Waals surface area contributed by atoms with Crippen LogP contribution in [0, 0.1) is 5.82 Å². The Morgan fingerprint density at radius 1 is 1.32 bits per heavy atom. The van der Waals surface area contributed by atoms with Gasteiger partial charge in [-0.1, -0.05) is 29.3 Å². The molecule has 3 rings (SSSR count). The summed E-state index contributed by atoms with van der Waals surface area (Å²) in [5.41, 5.74) is 1.10. The van der Waals surface area contributed by atoms with Gasteiger partial charge in [-0.05, 0) is 29.3 Å². The summed E-state index contributed by atoms with van der Waals surface area (Å²) in [6.07, 6.45) is 1.35. The summed E-state index contributed by atoms with van der Waals surface area (Å²) in [6, 6.07) is 5.02. The van der Waals surface area contributed by atoms with E-state index in [4.69, 9.17) is 27.9 Å². The van der Waals surface area contributed by atoms with Crippen LogP contribution in [0.1, 0.15) is 17.2 Å². The molecule has 25 heavy (non-hydrogen) atoms. The van der Waals surface area contributed by atoms with Gasteiger partial charge in [0.2, 0.25) is 0 Å². The summed E-state index contributed by atoms with van der Waals surface area (Å²) < 4.78 is 18.3. The van der Waals surface area contributed by atoms with Crippen molar-refractivity contribution in [2.24, 2.45) is 0 Å². The molecule has 1 aromatic carbocycles. The lowest BCUT2D eigenvalue weighted by molar-refractivity contribution is -0.128. The highest BCUT2D eigenvalue weighted by Gasteiger charge is 2.31. The van der Waals surface area contributed by atoms with Crippen LogP contribution in [0.4, 0.5) is 9.18 Å². The van der Waals surface area contributed by atoms with Crippen LogP contribution in [0.2, 0.25) is 10.0 Å². The lowest BCUT2D eigenvalue weighted by atomic mass is 9.99. The molecule has 1 saturated heterocycles. The first-order valence-corrected chi connectivity index (χ1v) is 8.00. The Hall–Kier alpha value is -2.38. The number of amides is 2. The van der Waals surface area contributed by atoms with Crippen LogP contribution in [0.25, 0.3) is 0 Å². The molecule has 1 aliphatic rings. The van der Waals surface area contributed by atoms with Crippen LogP contribution in [-0.4, -0.2) is 29.6 Å². The third-order valence-corrected chi connectivity index (χ3v) is 4.09. The molecule has 130 valence electrons. The van der Waals surface area contributed by atoms with Crippen LogP contribution >= 0.6 is 23.2 Å². The fourth-order valence-electron chi connectivity index (χ4n) is 2.41. The second-order valence-electron chi connectivity index (χ2n) is 5.33. The number of halogens is 3. The summed E-state index contributed by atoms with van der Waals surface area (Å²) >= 11 is 11.8. The number of nitrogens with zero attached hydrogens (tertiary/aromatic N) is 1. The van der Waals surface area contributed by atoms with E-state index < -0.39 is 30.0 Å². The van der Waals surface area contributed by atoms with E-state index >= 15 is 0 Å². The summed E-state index contributed by atoms with van der Waals surface area (Å²) in [5.74, 6) is -1.09. The minimum absolute atomic E-state index is 0.0648. The van der Waals surface area contributed by atoms with E-state index in [2.05, 4.69) is 15.6 Å². The van der Waals surface area contributed by atoms with Gasteiger partial charge < -0.3 is 15.4 Å². The molecule has 2 atom stereocenters. The summed E-state index contributed by atoms with van der Waals surface area (Å²) in [5, 5.41) is 5.44. The molecule has 2 heterocycles. The SMILES string of the molecule is O=C1NCC(C(=O)N[C@H](c2cncc(Cl)c2)c2ccc(F)c(Cl)c2)O1. The fourth-order valence-corrected chi connectivity index (χ4v) is 2.78. The van der Waals surface area contributed by atoms with Crippen LogP contribution in [0.5, 0.6) is 0 Å². The van der Waals surface area contributed by atoms with Crippen molar-refractivity contribution >= 4 is 35.2 Å². The Morgan fingerprint density at radius 3 is 2.76 bits per heavy atom. The molecule has 1 fully saturated rings. The number of aromatic nitrogens is 1. The van der Waals surface area contributed by atoms with Gasteiger partial charge in [0.25, 0.3) is 5.91 Å². The number of rotatable bonds is 4. The van der Waals surface area contributed by atoms with Crippen molar-refractivity contribution in [1.82, 2.24) is 15.6 Å². The van der Waals surface area contributed by atoms with Gasteiger partial charge in [0.05, 0.1) is 22.6 Å². The maximum atomic E-state index is 13.5. The Balaban J connectivity index is 1.92. The van der Waals surface area contributed by atoms with E-state index in [0.717, 1.165) is 0 Å². The minimum atomic E-state index is -0.960. The van der Waals surface area contributed by atoms with Crippen molar-refractivity contribution in [1.29, 1.82) is 0 Å². The second-order valence-corrected chi connectivity index (χ2v) is 6.17. The van der Waals surface area contributed by atoms with Crippen molar-refractivity contribution in [3.63, 3.8) is 0 Å². The van der Waals surface area contributed by atoms with Gasteiger partial charge in [-0.15, -0.1) is 0 Å². The lowest BCUT2D eigenvalue weighted by Gasteiger charge is -2.21. The zero-order chi connectivity index (χ0) is 18.0. The van der Waals surface area contributed by atoms with Gasteiger partial charge in [-0.2, -0.15) is 0 Å². The quantitative estimate of drug-likeness (QED) is 0.850. The molecular formula is C16H12Cl2FN3O3. The van der Waals surface area contributed by atoms with E-state index in [-0.39, 0.29) is 11.6 Å². The van der Waals surface area contributed by atoms with Crippen LogP contribution in [0.15, 0.2) is 36.7 Å². The molecule has 1 aliphatic heterocycles. The van der Waals surface area contributed by atoms with Crippen LogP contribution in [-0.2, 0) is 9.53 Å². The van der Waals surface area contributed by atoms with Gasteiger partial charge in [-0.3, -0.25) is 9.78 Å². The first-order chi connectivity index (χ1) is 11.9. The molecule has 0 saturated carbocycles. The highest BCUT2D eigenvalue weighted by atomic mass is 35.5. The number of cyclic esters (lactones) is 1. The van der Waals surface area contributed by atoms with Gasteiger partial charge >= 0.3 is 6.09 Å². The smallest absolute Gasteiger partial charge is 0.408 e. The Bertz CT molecular complexity index is 834. The van der Waals surface area contributed by atoms with Crippen LogP contribution < -0.4 is 10.6 Å². The highest BCUT2D eigenvalue weighted by Crippen LogP contribution is 2.27. The third-order valence-electron chi connectivity index (χ3n) is 3.60. The summed E-state index contributed by atoms with van der Waals surface area (Å²) in [6.45, 7) is 0.0648. The van der Waals surface area contributed by atoms with Crippen molar-refractivity contribution in [2.75, 3.05) is 6.54 Å². The third kappa shape index (κ3) is 4.00. The van der Waals surface area contributed by atoms with E-state index in [1.807, 2.05) is 0 Å². The zero-order valence-electron chi connectivity index (χ0n) is 12.6. The highest BCUT2D eigenvalue weighted by molar-refractivity contribution is 6.31. The number of carbonyl (C=O) groups is 2. The topological polar surface area (TPSA) is 80.3 Å². The average molecular weight is 384 g/mol.